The Bertz CT molecular complexity index is 760. The molecule has 1 radical (unpaired) electrons. The molecule has 151 valence electrons. The summed E-state index contributed by atoms with van der Waals surface area (Å²) in [6.45, 7) is 12.1. The first-order chi connectivity index (χ1) is 13.1. The van der Waals surface area contributed by atoms with Crippen LogP contribution in [0.5, 0.6) is 0 Å². The van der Waals surface area contributed by atoms with Gasteiger partial charge in [-0.2, -0.15) is 0 Å². The quantitative estimate of drug-likeness (QED) is 0.740. The van der Waals surface area contributed by atoms with Crippen LogP contribution in [0.3, 0.4) is 0 Å². The fourth-order valence-corrected chi connectivity index (χ4v) is 3.13. The van der Waals surface area contributed by atoms with Gasteiger partial charge in [-0.05, 0) is 59.2 Å². The van der Waals surface area contributed by atoms with Gasteiger partial charge in [0, 0.05) is 19.4 Å². The Morgan fingerprint density at radius 3 is 2.32 bits per heavy atom. The number of rotatable bonds is 7. The minimum Gasteiger partial charge on any atom is -0.427 e. The first-order valence-corrected chi connectivity index (χ1v) is 9.99. The van der Waals surface area contributed by atoms with Crippen molar-refractivity contribution < 1.29 is 14.2 Å². The second kappa shape index (κ2) is 8.35. The van der Waals surface area contributed by atoms with Crippen LogP contribution < -0.4 is 5.46 Å². The van der Waals surface area contributed by atoms with Crippen LogP contribution in [-0.4, -0.2) is 52.0 Å². The van der Waals surface area contributed by atoms with Crippen molar-refractivity contribution in [3.8, 4) is 0 Å². The highest BCUT2D eigenvalue weighted by Crippen LogP contribution is 2.27. The summed E-state index contributed by atoms with van der Waals surface area (Å²) < 4.78 is 11.4. The third-order valence-corrected chi connectivity index (χ3v) is 5.83. The molecule has 0 bridgehead atoms. The van der Waals surface area contributed by atoms with E-state index in [-0.39, 0.29) is 0 Å². The topological polar surface area (TPSA) is 71.6 Å². The zero-order chi connectivity index (χ0) is 20.4. The van der Waals surface area contributed by atoms with Crippen molar-refractivity contribution in [2.24, 2.45) is 0 Å². The molecule has 1 N–H and O–H groups in total. The van der Waals surface area contributed by atoms with Gasteiger partial charge >= 0.3 is 7.48 Å². The molecule has 28 heavy (non-hydrogen) atoms. The van der Waals surface area contributed by atoms with Gasteiger partial charge in [-0.25, -0.2) is 0 Å². The molecular formula is C21H31BN3O3. The van der Waals surface area contributed by atoms with Crippen LogP contribution in [0.15, 0.2) is 28.7 Å². The van der Waals surface area contributed by atoms with Crippen molar-refractivity contribution >= 4 is 12.9 Å². The van der Waals surface area contributed by atoms with Crippen LogP contribution in [0.25, 0.3) is 0 Å². The fraction of sp³-hybridized carbons (Fsp3) is 0.619. The van der Waals surface area contributed by atoms with Gasteiger partial charge in [0.25, 0.3) is 0 Å². The van der Waals surface area contributed by atoms with Gasteiger partial charge < -0.3 is 14.2 Å². The number of piperidine rings is 1. The van der Waals surface area contributed by atoms with Crippen LogP contribution in [0.2, 0.25) is 0 Å². The Labute approximate surface area is 168 Å². The van der Waals surface area contributed by atoms with E-state index in [1.807, 2.05) is 20.8 Å². The van der Waals surface area contributed by atoms with E-state index in [1.165, 1.54) is 5.56 Å². The van der Waals surface area contributed by atoms with E-state index in [1.54, 1.807) is 21.3 Å². The number of aryl methyl sites for hydroxylation is 1. The smallest absolute Gasteiger partial charge is 0.330 e. The Hall–Kier alpha value is -1.70. The molecule has 0 spiro atoms. The molecule has 0 atom stereocenters. The van der Waals surface area contributed by atoms with Gasteiger partial charge in [-0.1, -0.05) is 29.7 Å². The molecule has 1 saturated heterocycles. The van der Waals surface area contributed by atoms with E-state index in [4.69, 9.17) is 9.07 Å². The summed E-state index contributed by atoms with van der Waals surface area (Å²) in [5.41, 5.74) is 0.695. The lowest BCUT2D eigenvalue weighted by atomic mass is 9.82. The van der Waals surface area contributed by atoms with Crippen molar-refractivity contribution in [1.29, 1.82) is 0 Å². The summed E-state index contributed by atoms with van der Waals surface area (Å²) in [5, 5.41) is 18.3. The number of nitrogens with zero attached hydrogens (tertiary/aromatic N) is 3. The minimum absolute atomic E-state index is 0.380. The second-order valence-electron chi connectivity index (χ2n) is 8.76. The van der Waals surface area contributed by atoms with Crippen LogP contribution in [0, 0.1) is 6.92 Å². The zero-order valence-corrected chi connectivity index (χ0v) is 17.6. The molecule has 1 aliphatic heterocycles. The number of benzene rings is 1. The Morgan fingerprint density at radius 2 is 1.79 bits per heavy atom. The fourth-order valence-electron chi connectivity index (χ4n) is 3.13. The molecule has 0 amide bonds. The highest BCUT2D eigenvalue weighted by atomic mass is 16.5. The van der Waals surface area contributed by atoms with E-state index in [9.17, 15) is 5.11 Å². The van der Waals surface area contributed by atoms with Crippen LogP contribution in [0.4, 0.5) is 0 Å². The SMILES string of the molecule is Cc1nnc(C2CCN(Cc3ccc([B]OC(C)(C)C(C)(C)O)cc3)CC2)o1. The lowest BCUT2D eigenvalue weighted by Gasteiger charge is -2.37. The Kier molecular flexibility index (Phi) is 6.27. The molecule has 0 saturated carbocycles. The van der Waals surface area contributed by atoms with Crippen molar-refractivity contribution in [3.63, 3.8) is 0 Å². The van der Waals surface area contributed by atoms with Crippen molar-refractivity contribution in [3.05, 3.63) is 41.6 Å². The lowest BCUT2D eigenvalue weighted by Crippen LogP contribution is -2.49. The summed E-state index contributed by atoms with van der Waals surface area (Å²) in [6, 6.07) is 8.40. The highest BCUT2D eigenvalue weighted by Gasteiger charge is 2.35. The van der Waals surface area contributed by atoms with Crippen molar-refractivity contribution in [2.45, 2.75) is 71.1 Å². The normalized spacial score (nSPS) is 17.1. The highest BCUT2D eigenvalue weighted by molar-refractivity contribution is 6.47. The summed E-state index contributed by atoms with van der Waals surface area (Å²) in [7, 11) is 1.72. The molecule has 2 aromatic rings. The van der Waals surface area contributed by atoms with Gasteiger partial charge in [0.05, 0.1) is 11.2 Å². The van der Waals surface area contributed by atoms with E-state index < -0.39 is 11.2 Å². The number of aromatic nitrogens is 2. The number of aliphatic hydroxyl groups is 1. The third-order valence-electron chi connectivity index (χ3n) is 5.83. The number of hydrogen-bond donors (Lipinski definition) is 1. The molecule has 0 aliphatic carbocycles. The maximum atomic E-state index is 10.2. The summed E-state index contributed by atoms with van der Waals surface area (Å²) in [6.07, 6.45) is 2.10. The average molecular weight is 384 g/mol. The monoisotopic (exact) mass is 384 g/mol. The standard InChI is InChI=1S/C21H31BN3O3/c1-15-23-24-19(27-15)17-10-12-25(13-11-17)14-16-6-8-18(9-7-16)22-28-21(4,5)20(2,3)26/h6-9,17,26H,10-14H2,1-5H3. The van der Waals surface area contributed by atoms with E-state index in [0.29, 0.717) is 11.8 Å². The molecule has 2 heterocycles. The maximum Gasteiger partial charge on any atom is 0.330 e. The largest absolute Gasteiger partial charge is 0.427 e. The van der Waals surface area contributed by atoms with E-state index >= 15 is 0 Å². The molecule has 3 rings (SSSR count). The van der Waals surface area contributed by atoms with E-state index in [2.05, 4.69) is 39.4 Å². The first kappa shape index (κ1) is 21.0. The summed E-state index contributed by atoms with van der Waals surface area (Å²) in [4.78, 5) is 2.46. The third kappa shape index (κ3) is 5.22. The van der Waals surface area contributed by atoms with Gasteiger partial charge in [-0.15, -0.1) is 10.2 Å². The maximum absolute atomic E-state index is 10.2. The average Bonchev–Trinajstić information content (AvgIpc) is 3.07. The molecule has 1 aromatic carbocycles. The molecule has 1 aliphatic rings. The van der Waals surface area contributed by atoms with Gasteiger partial charge in [0.1, 0.15) is 0 Å². The summed E-state index contributed by atoms with van der Waals surface area (Å²) in [5.74, 6) is 1.81. The predicted octanol–water partition coefficient (Wildman–Crippen LogP) is 2.57. The van der Waals surface area contributed by atoms with Crippen molar-refractivity contribution in [2.75, 3.05) is 13.1 Å². The van der Waals surface area contributed by atoms with Gasteiger partial charge in [0.15, 0.2) is 0 Å². The Balaban J connectivity index is 1.47. The predicted molar refractivity (Wildman–Crippen MR) is 110 cm³/mol. The number of likely N-dealkylation sites (tertiary alicyclic amines) is 1. The zero-order valence-electron chi connectivity index (χ0n) is 17.6. The van der Waals surface area contributed by atoms with Crippen molar-refractivity contribution in [1.82, 2.24) is 15.1 Å². The molecule has 7 heteroatoms. The van der Waals surface area contributed by atoms with Gasteiger partial charge in [0.2, 0.25) is 11.8 Å². The molecule has 1 aromatic heterocycles. The summed E-state index contributed by atoms with van der Waals surface area (Å²) >= 11 is 0. The van der Waals surface area contributed by atoms with Gasteiger partial charge in [-0.3, -0.25) is 4.90 Å². The first-order valence-electron chi connectivity index (χ1n) is 9.99. The van der Waals surface area contributed by atoms with Crippen LogP contribution in [-0.2, 0) is 11.2 Å². The van der Waals surface area contributed by atoms with Crippen LogP contribution >= 0.6 is 0 Å². The van der Waals surface area contributed by atoms with E-state index in [0.717, 1.165) is 43.8 Å². The Morgan fingerprint density at radius 1 is 1.14 bits per heavy atom. The second-order valence-corrected chi connectivity index (χ2v) is 8.76. The molecular weight excluding hydrogens is 353 g/mol. The minimum atomic E-state index is -0.921. The molecule has 0 unspecified atom stereocenters. The molecule has 6 nitrogen and oxygen atoms in total. The van der Waals surface area contributed by atoms with Crippen LogP contribution in [0.1, 0.15) is 63.8 Å². The molecule has 1 fully saturated rings. The lowest BCUT2D eigenvalue weighted by molar-refractivity contribution is -0.0893. The number of hydrogen-bond acceptors (Lipinski definition) is 6.